The molecular formula is C28H25N3O2. The molecule has 5 rings (SSSR count). The monoisotopic (exact) mass is 435 g/mol. The van der Waals surface area contributed by atoms with Crippen molar-refractivity contribution in [2.24, 2.45) is 0 Å². The molecule has 1 N–H and O–H groups in total. The van der Waals surface area contributed by atoms with E-state index in [0.29, 0.717) is 18.5 Å². The summed E-state index contributed by atoms with van der Waals surface area (Å²) in [6.07, 6.45) is 0.892. The number of nitriles is 1. The lowest BCUT2D eigenvalue weighted by Crippen LogP contribution is -2.38. The lowest BCUT2D eigenvalue weighted by atomic mass is 9.88. The van der Waals surface area contributed by atoms with Gasteiger partial charge in [0, 0.05) is 24.2 Å². The zero-order valence-corrected chi connectivity index (χ0v) is 18.5. The van der Waals surface area contributed by atoms with E-state index >= 15 is 0 Å². The summed E-state index contributed by atoms with van der Waals surface area (Å²) in [6, 6.07) is 27.7. The van der Waals surface area contributed by atoms with Crippen molar-refractivity contribution in [2.75, 3.05) is 5.32 Å². The second-order valence-corrected chi connectivity index (χ2v) is 8.49. The van der Waals surface area contributed by atoms with Crippen LogP contribution in [0.25, 0.3) is 5.57 Å². The van der Waals surface area contributed by atoms with E-state index in [1.807, 2.05) is 65.6 Å². The third-order valence-corrected chi connectivity index (χ3v) is 6.39. The Bertz CT molecular complexity index is 1250. The number of amides is 1. The number of nitrogens with one attached hydrogen (secondary N) is 1. The van der Waals surface area contributed by atoms with Crippen LogP contribution >= 0.6 is 0 Å². The van der Waals surface area contributed by atoms with Crippen molar-refractivity contribution < 1.29 is 9.53 Å². The van der Waals surface area contributed by atoms with E-state index in [1.165, 1.54) is 0 Å². The molecule has 2 atom stereocenters. The van der Waals surface area contributed by atoms with Gasteiger partial charge in [0.15, 0.2) is 6.23 Å². The summed E-state index contributed by atoms with van der Waals surface area (Å²) in [5.41, 5.74) is 5.64. The normalized spacial score (nSPS) is 19.6. The number of ether oxygens (including phenoxy) is 1. The van der Waals surface area contributed by atoms with Crippen molar-refractivity contribution in [3.8, 4) is 11.8 Å². The second-order valence-electron chi connectivity index (χ2n) is 8.49. The summed E-state index contributed by atoms with van der Waals surface area (Å²) in [5, 5.41) is 13.0. The molecular weight excluding hydrogens is 410 g/mol. The number of carbonyl (C=O) groups excluding carboxylic acids is 1. The van der Waals surface area contributed by atoms with Crippen molar-refractivity contribution in [2.45, 2.75) is 38.6 Å². The molecule has 0 spiro atoms. The predicted molar refractivity (Wildman–Crippen MR) is 128 cm³/mol. The van der Waals surface area contributed by atoms with Gasteiger partial charge in [0.1, 0.15) is 5.75 Å². The molecule has 1 saturated heterocycles. The fourth-order valence-electron chi connectivity index (χ4n) is 4.76. The van der Waals surface area contributed by atoms with Gasteiger partial charge < -0.3 is 15.0 Å². The number of fused-ring (bicyclic) bond motifs is 1. The Labute approximate surface area is 193 Å². The van der Waals surface area contributed by atoms with Gasteiger partial charge in [-0.25, -0.2) is 0 Å². The van der Waals surface area contributed by atoms with Gasteiger partial charge in [0.05, 0.1) is 17.7 Å². The van der Waals surface area contributed by atoms with E-state index in [1.54, 1.807) is 6.07 Å². The number of anilines is 1. The fourth-order valence-corrected chi connectivity index (χ4v) is 4.76. The third-order valence-electron chi connectivity index (χ3n) is 6.39. The zero-order chi connectivity index (χ0) is 22.8. The van der Waals surface area contributed by atoms with Crippen LogP contribution in [-0.4, -0.2) is 23.1 Å². The standard InChI is InChI=1S/C28H25N3O2/c1-19-27(24-13-15-26(32)31(24)18-20-8-4-2-5-9-20)23-16-21(17-29)12-14-25(23)33-28(19)30-22-10-6-3-7-11-22/h2-12,14,16,24,28,30H,13,15,18H2,1H3. The minimum atomic E-state index is -0.364. The van der Waals surface area contributed by atoms with Crippen LogP contribution in [0.4, 0.5) is 5.69 Å². The number of hydrogen-bond acceptors (Lipinski definition) is 4. The van der Waals surface area contributed by atoms with Crippen LogP contribution in [0, 0.1) is 11.3 Å². The molecule has 2 aliphatic rings. The number of rotatable bonds is 5. The molecule has 2 heterocycles. The smallest absolute Gasteiger partial charge is 0.223 e. The van der Waals surface area contributed by atoms with Crippen LogP contribution in [-0.2, 0) is 11.3 Å². The average Bonchev–Trinajstić information content (AvgIpc) is 3.20. The first kappa shape index (κ1) is 20.8. The molecule has 0 radical (unpaired) electrons. The summed E-state index contributed by atoms with van der Waals surface area (Å²) in [6.45, 7) is 2.62. The maximum absolute atomic E-state index is 13.0. The predicted octanol–water partition coefficient (Wildman–Crippen LogP) is 5.35. The van der Waals surface area contributed by atoms with E-state index < -0.39 is 0 Å². The number of hydrogen-bond donors (Lipinski definition) is 1. The van der Waals surface area contributed by atoms with Gasteiger partial charge in [-0.1, -0.05) is 48.5 Å². The molecule has 1 fully saturated rings. The first-order chi connectivity index (χ1) is 16.1. The highest BCUT2D eigenvalue weighted by molar-refractivity contribution is 5.87. The Morgan fingerprint density at radius 3 is 2.52 bits per heavy atom. The van der Waals surface area contributed by atoms with Crippen LogP contribution in [0.1, 0.15) is 36.5 Å². The highest BCUT2D eigenvalue weighted by Crippen LogP contribution is 2.43. The molecule has 2 unspecified atom stereocenters. The SMILES string of the molecule is CC1=C(C2CCC(=O)N2Cc2ccccc2)c2cc(C#N)ccc2OC1Nc1ccccc1. The van der Waals surface area contributed by atoms with Crippen LogP contribution < -0.4 is 10.1 Å². The van der Waals surface area contributed by atoms with Crippen molar-refractivity contribution >= 4 is 17.2 Å². The fraction of sp³-hybridized carbons (Fsp3) is 0.214. The lowest BCUT2D eigenvalue weighted by Gasteiger charge is -2.36. The molecule has 5 heteroatoms. The largest absolute Gasteiger partial charge is 0.466 e. The second kappa shape index (κ2) is 8.84. The maximum Gasteiger partial charge on any atom is 0.223 e. The van der Waals surface area contributed by atoms with Gasteiger partial charge in [0.25, 0.3) is 0 Å². The van der Waals surface area contributed by atoms with Crippen molar-refractivity contribution in [3.05, 3.63) is 101 Å². The van der Waals surface area contributed by atoms with E-state index in [0.717, 1.165) is 40.1 Å². The zero-order valence-electron chi connectivity index (χ0n) is 18.5. The number of nitrogens with zero attached hydrogens (tertiary/aromatic N) is 2. The number of benzene rings is 3. The molecule has 0 aliphatic carbocycles. The molecule has 1 amide bonds. The van der Waals surface area contributed by atoms with Crippen LogP contribution in [0.15, 0.2) is 84.4 Å². The van der Waals surface area contributed by atoms with Crippen molar-refractivity contribution in [1.29, 1.82) is 5.26 Å². The Morgan fingerprint density at radius 2 is 1.79 bits per heavy atom. The summed E-state index contributed by atoms with van der Waals surface area (Å²) >= 11 is 0. The van der Waals surface area contributed by atoms with Gasteiger partial charge in [-0.3, -0.25) is 4.79 Å². The minimum absolute atomic E-state index is 0.0747. The Hall–Kier alpha value is -4.04. The van der Waals surface area contributed by atoms with Gasteiger partial charge in [-0.05, 0) is 60.4 Å². The maximum atomic E-state index is 13.0. The Balaban J connectivity index is 1.57. The van der Waals surface area contributed by atoms with Crippen molar-refractivity contribution in [3.63, 3.8) is 0 Å². The molecule has 164 valence electrons. The average molecular weight is 436 g/mol. The third kappa shape index (κ3) is 4.08. The quantitative estimate of drug-likeness (QED) is 0.586. The Morgan fingerprint density at radius 1 is 1.06 bits per heavy atom. The molecule has 2 aliphatic heterocycles. The highest BCUT2D eigenvalue weighted by atomic mass is 16.5. The van der Waals surface area contributed by atoms with Gasteiger partial charge >= 0.3 is 0 Å². The number of para-hydroxylation sites is 1. The van der Waals surface area contributed by atoms with Gasteiger partial charge in [0.2, 0.25) is 5.91 Å². The van der Waals surface area contributed by atoms with E-state index in [-0.39, 0.29) is 18.2 Å². The summed E-state index contributed by atoms with van der Waals surface area (Å²) in [4.78, 5) is 14.9. The van der Waals surface area contributed by atoms with Crippen LogP contribution in [0.5, 0.6) is 5.75 Å². The molecule has 5 nitrogen and oxygen atoms in total. The summed E-state index contributed by atoms with van der Waals surface area (Å²) in [7, 11) is 0. The number of likely N-dealkylation sites (tertiary alicyclic amines) is 1. The molecule has 3 aromatic carbocycles. The van der Waals surface area contributed by atoms with Gasteiger partial charge in [-0.15, -0.1) is 0 Å². The summed E-state index contributed by atoms with van der Waals surface area (Å²) < 4.78 is 6.34. The van der Waals surface area contributed by atoms with Crippen LogP contribution in [0.3, 0.4) is 0 Å². The summed E-state index contributed by atoms with van der Waals surface area (Å²) in [5.74, 6) is 0.878. The topological polar surface area (TPSA) is 65.4 Å². The first-order valence-electron chi connectivity index (χ1n) is 11.2. The van der Waals surface area contributed by atoms with Crippen LogP contribution in [0.2, 0.25) is 0 Å². The van der Waals surface area contributed by atoms with Gasteiger partial charge in [-0.2, -0.15) is 5.26 Å². The highest BCUT2D eigenvalue weighted by Gasteiger charge is 2.39. The molecule has 0 aromatic heterocycles. The van der Waals surface area contributed by atoms with E-state index in [4.69, 9.17) is 4.74 Å². The molecule has 0 bridgehead atoms. The molecule has 33 heavy (non-hydrogen) atoms. The Kier molecular flexibility index (Phi) is 5.58. The lowest BCUT2D eigenvalue weighted by molar-refractivity contribution is -0.128. The molecule has 3 aromatic rings. The number of carbonyl (C=O) groups is 1. The van der Waals surface area contributed by atoms with Crippen molar-refractivity contribution in [1.82, 2.24) is 4.90 Å². The van der Waals surface area contributed by atoms with E-state index in [9.17, 15) is 10.1 Å². The molecule has 0 saturated carbocycles. The minimum Gasteiger partial charge on any atom is -0.466 e. The first-order valence-corrected chi connectivity index (χ1v) is 11.2. The van der Waals surface area contributed by atoms with E-state index in [2.05, 4.69) is 30.4 Å².